The fourth-order valence-electron chi connectivity index (χ4n) is 3.60. The normalized spacial score (nSPS) is 19.3. The molecule has 4 rings (SSSR count). The van der Waals surface area contributed by atoms with E-state index >= 15 is 0 Å². The summed E-state index contributed by atoms with van der Waals surface area (Å²) in [5.74, 6) is -1.05. The molecule has 35 heavy (non-hydrogen) atoms. The van der Waals surface area contributed by atoms with Crippen molar-refractivity contribution in [3.05, 3.63) is 87.6 Å². The maximum atomic E-state index is 12.8. The second kappa shape index (κ2) is 10.8. The molecule has 182 valence electrons. The van der Waals surface area contributed by atoms with Gasteiger partial charge in [0.25, 0.3) is 0 Å². The minimum absolute atomic E-state index is 0.159. The van der Waals surface area contributed by atoms with Gasteiger partial charge < -0.3 is 14.2 Å². The zero-order valence-corrected chi connectivity index (χ0v) is 20.4. The van der Waals surface area contributed by atoms with Crippen LogP contribution < -0.4 is 5.69 Å². The van der Waals surface area contributed by atoms with Gasteiger partial charge >= 0.3 is 17.6 Å². The molecule has 1 saturated heterocycles. The van der Waals surface area contributed by atoms with Crippen molar-refractivity contribution in [1.82, 2.24) is 14.5 Å². The predicted octanol–water partition coefficient (Wildman–Crippen LogP) is 3.35. The molecular formula is C25H25N3O6S. The van der Waals surface area contributed by atoms with Crippen LogP contribution in [0.5, 0.6) is 0 Å². The van der Waals surface area contributed by atoms with Gasteiger partial charge in [-0.2, -0.15) is 4.98 Å². The smallest absolute Gasteiger partial charge is 0.353 e. The molecule has 0 amide bonds. The van der Waals surface area contributed by atoms with Crippen LogP contribution in [0.1, 0.15) is 44.5 Å². The SMILES string of the molecule is CSc1ncn([C@H]2C[C@H](OC(=O)c3ccc(C)cc3)[C@@H](COC(=O)c3ccc(C)cc3)O2)c(=O)n1. The molecule has 1 aromatic heterocycles. The molecule has 2 aromatic carbocycles. The molecule has 10 heteroatoms. The molecule has 3 atom stereocenters. The number of ether oxygens (including phenoxy) is 3. The van der Waals surface area contributed by atoms with Crippen LogP contribution in [0.4, 0.5) is 0 Å². The van der Waals surface area contributed by atoms with Crippen LogP contribution in [-0.2, 0) is 14.2 Å². The van der Waals surface area contributed by atoms with E-state index in [0.29, 0.717) is 16.3 Å². The van der Waals surface area contributed by atoms with Crippen LogP contribution >= 0.6 is 11.8 Å². The van der Waals surface area contributed by atoms with Crippen molar-refractivity contribution in [2.45, 2.75) is 43.9 Å². The molecule has 3 aromatic rings. The molecule has 0 spiro atoms. The number of rotatable bonds is 7. The van der Waals surface area contributed by atoms with Crippen molar-refractivity contribution in [2.24, 2.45) is 0 Å². The minimum Gasteiger partial charge on any atom is -0.459 e. The summed E-state index contributed by atoms with van der Waals surface area (Å²) in [5, 5.41) is 0.343. The summed E-state index contributed by atoms with van der Waals surface area (Å²) in [6.07, 6.45) is 0.974. The van der Waals surface area contributed by atoms with E-state index in [2.05, 4.69) is 9.97 Å². The molecule has 0 N–H and O–H groups in total. The lowest BCUT2D eigenvalue weighted by atomic mass is 10.1. The Labute approximate surface area is 206 Å². The van der Waals surface area contributed by atoms with Crippen molar-refractivity contribution < 1.29 is 23.8 Å². The van der Waals surface area contributed by atoms with E-state index in [4.69, 9.17) is 14.2 Å². The molecule has 1 fully saturated rings. The Bertz CT molecular complexity index is 1260. The van der Waals surface area contributed by atoms with Crippen molar-refractivity contribution in [1.29, 1.82) is 0 Å². The lowest BCUT2D eigenvalue weighted by Gasteiger charge is -2.19. The fourth-order valence-corrected chi connectivity index (χ4v) is 3.92. The van der Waals surface area contributed by atoms with Crippen LogP contribution in [0.2, 0.25) is 0 Å². The van der Waals surface area contributed by atoms with Crippen LogP contribution in [0.3, 0.4) is 0 Å². The first-order valence-electron chi connectivity index (χ1n) is 11.0. The standard InChI is InChI=1S/C25H25N3O6S/c1-15-4-8-17(9-5-15)22(29)32-13-20-19(34-23(30)18-10-6-16(2)7-11-18)12-21(33-20)28-14-26-24(35-3)27-25(28)31/h4-11,14,19-21H,12-13H2,1-3H3/t19-,20+,21+/m0/s1. The van der Waals surface area contributed by atoms with Gasteiger partial charge in [-0.1, -0.05) is 47.2 Å². The van der Waals surface area contributed by atoms with Gasteiger partial charge in [-0.05, 0) is 44.4 Å². The van der Waals surface area contributed by atoms with Crippen LogP contribution in [0.25, 0.3) is 0 Å². The Morgan fingerprint density at radius 1 is 1.03 bits per heavy atom. The number of hydrogen-bond acceptors (Lipinski definition) is 9. The third-order valence-corrected chi connectivity index (χ3v) is 6.15. The number of benzene rings is 2. The summed E-state index contributed by atoms with van der Waals surface area (Å²) in [7, 11) is 0. The van der Waals surface area contributed by atoms with Gasteiger partial charge in [-0.3, -0.25) is 4.57 Å². The fraction of sp³-hybridized carbons (Fsp3) is 0.320. The molecule has 1 aliphatic heterocycles. The maximum Gasteiger partial charge on any atom is 0.353 e. The summed E-state index contributed by atoms with van der Waals surface area (Å²) >= 11 is 1.25. The highest BCUT2D eigenvalue weighted by Gasteiger charge is 2.40. The summed E-state index contributed by atoms with van der Waals surface area (Å²) in [5.41, 5.74) is 2.29. The zero-order valence-electron chi connectivity index (χ0n) is 19.5. The molecule has 0 radical (unpaired) electrons. The van der Waals surface area contributed by atoms with Gasteiger partial charge in [-0.25, -0.2) is 19.4 Å². The Kier molecular flexibility index (Phi) is 7.62. The van der Waals surface area contributed by atoms with Crippen LogP contribution in [-0.4, -0.2) is 51.5 Å². The van der Waals surface area contributed by atoms with E-state index in [9.17, 15) is 14.4 Å². The Morgan fingerprint density at radius 3 is 2.20 bits per heavy atom. The first-order chi connectivity index (χ1) is 16.8. The molecular weight excluding hydrogens is 470 g/mol. The van der Waals surface area contributed by atoms with Gasteiger partial charge in [0.15, 0.2) is 5.16 Å². The van der Waals surface area contributed by atoms with E-state index in [1.165, 1.54) is 22.7 Å². The van der Waals surface area contributed by atoms with Crippen molar-refractivity contribution in [3.8, 4) is 0 Å². The molecule has 0 unspecified atom stereocenters. The first kappa shape index (κ1) is 24.6. The zero-order chi connectivity index (χ0) is 24.9. The summed E-state index contributed by atoms with van der Waals surface area (Å²) < 4.78 is 18.4. The highest BCUT2D eigenvalue weighted by molar-refractivity contribution is 7.98. The van der Waals surface area contributed by atoms with E-state index < -0.39 is 36.1 Å². The average Bonchev–Trinajstić information content (AvgIpc) is 3.25. The molecule has 2 heterocycles. The molecule has 0 aliphatic carbocycles. The number of aromatic nitrogens is 3. The lowest BCUT2D eigenvalue weighted by molar-refractivity contribution is -0.0585. The Balaban J connectivity index is 1.51. The summed E-state index contributed by atoms with van der Waals surface area (Å²) in [4.78, 5) is 45.8. The van der Waals surface area contributed by atoms with Gasteiger partial charge in [0.05, 0.1) is 11.1 Å². The molecule has 9 nitrogen and oxygen atoms in total. The maximum absolute atomic E-state index is 12.8. The molecule has 1 aliphatic rings. The highest BCUT2D eigenvalue weighted by Crippen LogP contribution is 2.31. The minimum atomic E-state index is -0.782. The first-order valence-corrected chi connectivity index (χ1v) is 12.2. The van der Waals surface area contributed by atoms with E-state index in [0.717, 1.165) is 11.1 Å². The number of carbonyl (C=O) groups excluding carboxylic acids is 2. The number of thioether (sulfide) groups is 1. The highest BCUT2D eigenvalue weighted by atomic mass is 32.2. The third-order valence-electron chi connectivity index (χ3n) is 5.59. The molecule has 0 saturated carbocycles. The number of esters is 2. The van der Waals surface area contributed by atoms with Crippen LogP contribution in [0.15, 0.2) is 64.8 Å². The van der Waals surface area contributed by atoms with Crippen molar-refractivity contribution in [3.63, 3.8) is 0 Å². The second-order valence-electron chi connectivity index (χ2n) is 8.17. The van der Waals surface area contributed by atoms with E-state index in [-0.39, 0.29) is 13.0 Å². The Morgan fingerprint density at radius 2 is 1.63 bits per heavy atom. The quantitative estimate of drug-likeness (QED) is 0.360. The summed E-state index contributed by atoms with van der Waals surface area (Å²) in [6, 6.07) is 14.0. The third kappa shape index (κ3) is 5.95. The number of carbonyl (C=O) groups is 2. The van der Waals surface area contributed by atoms with Gasteiger partial charge in [0.2, 0.25) is 0 Å². The number of hydrogen-bond donors (Lipinski definition) is 0. The lowest BCUT2D eigenvalue weighted by Crippen LogP contribution is -2.32. The van der Waals surface area contributed by atoms with E-state index in [1.807, 2.05) is 38.1 Å². The monoisotopic (exact) mass is 495 g/mol. The topological polar surface area (TPSA) is 110 Å². The molecule has 0 bridgehead atoms. The van der Waals surface area contributed by atoms with Crippen molar-refractivity contribution >= 4 is 23.7 Å². The average molecular weight is 496 g/mol. The number of aryl methyl sites for hydroxylation is 2. The van der Waals surface area contributed by atoms with Gasteiger partial charge in [-0.15, -0.1) is 0 Å². The van der Waals surface area contributed by atoms with Gasteiger partial charge in [0, 0.05) is 6.42 Å². The second-order valence-corrected chi connectivity index (χ2v) is 8.95. The van der Waals surface area contributed by atoms with Crippen molar-refractivity contribution in [2.75, 3.05) is 12.9 Å². The Hall–Kier alpha value is -3.50. The summed E-state index contributed by atoms with van der Waals surface area (Å²) in [6.45, 7) is 3.69. The largest absolute Gasteiger partial charge is 0.459 e. The van der Waals surface area contributed by atoms with E-state index in [1.54, 1.807) is 30.5 Å². The van der Waals surface area contributed by atoms with Crippen LogP contribution in [0, 0.1) is 13.8 Å². The number of nitrogens with zero attached hydrogens (tertiary/aromatic N) is 3. The van der Waals surface area contributed by atoms with Gasteiger partial charge in [0.1, 0.15) is 31.4 Å². The predicted molar refractivity (Wildman–Crippen MR) is 128 cm³/mol.